The summed E-state index contributed by atoms with van der Waals surface area (Å²) in [5.74, 6) is -0.525. The van der Waals surface area contributed by atoms with Gasteiger partial charge in [-0.3, -0.25) is 14.5 Å². The molecular formula is C27H22N2O5S. The summed E-state index contributed by atoms with van der Waals surface area (Å²) in [5, 5.41) is 11.6. The minimum Gasteiger partial charge on any atom is -0.507 e. The first-order valence-electron chi connectivity index (χ1n) is 10.9. The Labute approximate surface area is 205 Å². The Kier molecular flexibility index (Phi) is 5.74. The number of thiazole rings is 1. The van der Waals surface area contributed by atoms with Crippen molar-refractivity contribution in [1.82, 2.24) is 4.98 Å². The predicted octanol–water partition coefficient (Wildman–Crippen LogP) is 5.25. The number of fused-ring (bicyclic) bond motifs is 1. The van der Waals surface area contributed by atoms with E-state index in [9.17, 15) is 14.7 Å². The molecule has 1 saturated heterocycles. The lowest BCUT2D eigenvalue weighted by molar-refractivity contribution is -0.132. The minimum atomic E-state index is -0.881. The highest BCUT2D eigenvalue weighted by molar-refractivity contribution is 7.22. The Bertz CT molecular complexity index is 1490. The van der Waals surface area contributed by atoms with E-state index in [0.717, 1.165) is 10.3 Å². The molecule has 4 aromatic rings. The zero-order valence-electron chi connectivity index (χ0n) is 19.3. The molecule has 8 heteroatoms. The molecule has 0 spiro atoms. The van der Waals surface area contributed by atoms with Gasteiger partial charge in [0.1, 0.15) is 17.3 Å². The van der Waals surface area contributed by atoms with E-state index in [2.05, 4.69) is 4.98 Å². The first kappa shape index (κ1) is 22.6. The van der Waals surface area contributed by atoms with Crippen LogP contribution >= 0.6 is 11.3 Å². The van der Waals surface area contributed by atoms with Crippen LogP contribution in [-0.4, -0.2) is 36.0 Å². The number of Topliss-reactive ketones (excluding diaryl/α,β-unsaturated/α-hetero) is 1. The number of benzene rings is 3. The molecule has 0 unspecified atom stereocenters. The summed E-state index contributed by atoms with van der Waals surface area (Å²) < 4.78 is 11.5. The molecule has 35 heavy (non-hydrogen) atoms. The van der Waals surface area contributed by atoms with Crippen LogP contribution in [0.5, 0.6) is 11.5 Å². The number of ether oxygens (including phenoxy) is 2. The SMILES string of the molecule is COc1cccc([C@@H]2C(=C(O)c3ccc(C)cc3)C(=O)C(=O)N2c2nc3ccc(OC)cc3s2)c1. The van der Waals surface area contributed by atoms with Crippen LogP contribution in [0.4, 0.5) is 5.13 Å². The average Bonchev–Trinajstić information content (AvgIpc) is 3.41. The van der Waals surface area contributed by atoms with Crippen LogP contribution in [0.2, 0.25) is 0 Å². The van der Waals surface area contributed by atoms with Crippen LogP contribution in [0.3, 0.4) is 0 Å². The second-order valence-electron chi connectivity index (χ2n) is 8.14. The van der Waals surface area contributed by atoms with E-state index in [0.29, 0.717) is 33.3 Å². The van der Waals surface area contributed by atoms with Gasteiger partial charge in [0.15, 0.2) is 5.13 Å². The fourth-order valence-electron chi connectivity index (χ4n) is 4.15. The monoisotopic (exact) mass is 486 g/mol. The van der Waals surface area contributed by atoms with Crippen molar-refractivity contribution in [2.24, 2.45) is 0 Å². The number of hydrogen-bond donors (Lipinski definition) is 1. The first-order valence-corrected chi connectivity index (χ1v) is 11.7. The molecule has 0 radical (unpaired) electrons. The van der Waals surface area contributed by atoms with Crippen molar-refractivity contribution >= 4 is 44.1 Å². The number of rotatable bonds is 5. The molecule has 5 rings (SSSR count). The van der Waals surface area contributed by atoms with Gasteiger partial charge in [0.2, 0.25) is 0 Å². The van der Waals surface area contributed by atoms with E-state index in [1.807, 2.05) is 25.1 Å². The van der Waals surface area contributed by atoms with Gasteiger partial charge in [0.05, 0.1) is 36.1 Å². The van der Waals surface area contributed by atoms with Crippen molar-refractivity contribution in [3.8, 4) is 11.5 Å². The maximum Gasteiger partial charge on any atom is 0.301 e. The number of methoxy groups -OCH3 is 2. The van der Waals surface area contributed by atoms with Gasteiger partial charge in [-0.2, -0.15) is 0 Å². The highest BCUT2D eigenvalue weighted by atomic mass is 32.1. The molecule has 1 N–H and O–H groups in total. The molecule has 176 valence electrons. The van der Waals surface area contributed by atoms with Crippen molar-refractivity contribution in [3.05, 3.63) is 89.0 Å². The number of nitrogens with zero attached hydrogens (tertiary/aromatic N) is 2. The minimum absolute atomic E-state index is 0.00365. The summed E-state index contributed by atoms with van der Waals surface area (Å²) in [6.45, 7) is 1.93. The molecule has 1 aliphatic heterocycles. The Morgan fingerprint density at radius 2 is 1.69 bits per heavy atom. The van der Waals surface area contributed by atoms with Gasteiger partial charge in [-0.05, 0) is 42.8 Å². The van der Waals surface area contributed by atoms with E-state index in [-0.39, 0.29) is 11.3 Å². The average molecular weight is 487 g/mol. The van der Waals surface area contributed by atoms with Crippen LogP contribution < -0.4 is 14.4 Å². The van der Waals surface area contributed by atoms with Crippen LogP contribution in [0.15, 0.2) is 72.3 Å². The number of aromatic nitrogens is 1. The van der Waals surface area contributed by atoms with Crippen molar-refractivity contribution in [1.29, 1.82) is 0 Å². The number of aryl methyl sites for hydroxylation is 1. The largest absolute Gasteiger partial charge is 0.507 e. The molecule has 1 aromatic heterocycles. The summed E-state index contributed by atoms with van der Waals surface area (Å²) in [7, 11) is 3.12. The van der Waals surface area contributed by atoms with E-state index in [4.69, 9.17) is 9.47 Å². The number of anilines is 1. The van der Waals surface area contributed by atoms with Crippen molar-refractivity contribution in [3.63, 3.8) is 0 Å². The number of ketones is 1. The normalized spacial score (nSPS) is 17.2. The third-order valence-electron chi connectivity index (χ3n) is 5.97. The van der Waals surface area contributed by atoms with Crippen LogP contribution in [0, 0.1) is 6.92 Å². The molecule has 2 heterocycles. The van der Waals surface area contributed by atoms with E-state index in [1.165, 1.54) is 16.2 Å². The number of hydrogen-bond acceptors (Lipinski definition) is 7. The maximum atomic E-state index is 13.4. The van der Waals surface area contributed by atoms with Crippen molar-refractivity contribution in [2.75, 3.05) is 19.1 Å². The van der Waals surface area contributed by atoms with Gasteiger partial charge in [-0.1, -0.05) is 53.3 Å². The standard InChI is InChI=1S/C27H22N2O5S/c1-15-7-9-16(10-8-15)24(30)22-23(17-5-4-6-18(13-17)33-2)29(26(32)25(22)31)27-28-20-12-11-19(34-3)14-21(20)35-27/h4-14,23,30H,1-3H3/t23-/m1/s1. The number of carbonyl (C=O) groups is 2. The Morgan fingerprint density at radius 3 is 2.40 bits per heavy atom. The van der Waals surface area contributed by atoms with Crippen LogP contribution in [0.25, 0.3) is 16.0 Å². The molecular weight excluding hydrogens is 464 g/mol. The highest BCUT2D eigenvalue weighted by Crippen LogP contribution is 2.45. The highest BCUT2D eigenvalue weighted by Gasteiger charge is 2.48. The molecule has 1 fully saturated rings. The maximum absolute atomic E-state index is 13.4. The molecule has 3 aromatic carbocycles. The smallest absolute Gasteiger partial charge is 0.301 e. The summed E-state index contributed by atoms with van der Waals surface area (Å²) in [4.78, 5) is 32.7. The van der Waals surface area contributed by atoms with Gasteiger partial charge >= 0.3 is 5.91 Å². The number of aliphatic hydroxyl groups is 1. The van der Waals surface area contributed by atoms with Crippen molar-refractivity contribution < 1.29 is 24.2 Å². The van der Waals surface area contributed by atoms with Gasteiger partial charge in [0.25, 0.3) is 5.78 Å². The van der Waals surface area contributed by atoms with Crippen LogP contribution in [-0.2, 0) is 9.59 Å². The third kappa shape index (κ3) is 3.91. The number of carbonyl (C=O) groups excluding carboxylic acids is 2. The summed E-state index contributed by atoms with van der Waals surface area (Å²) in [6, 6.07) is 18.8. The second-order valence-corrected chi connectivity index (χ2v) is 9.15. The Morgan fingerprint density at radius 1 is 0.971 bits per heavy atom. The Balaban J connectivity index is 1.72. The summed E-state index contributed by atoms with van der Waals surface area (Å²) in [5.41, 5.74) is 2.76. The van der Waals surface area contributed by atoms with Crippen molar-refractivity contribution in [2.45, 2.75) is 13.0 Å². The Hall–Kier alpha value is -4.17. The van der Waals surface area contributed by atoms with Gasteiger partial charge < -0.3 is 14.6 Å². The zero-order chi connectivity index (χ0) is 24.7. The van der Waals surface area contributed by atoms with E-state index >= 15 is 0 Å². The molecule has 7 nitrogen and oxygen atoms in total. The van der Waals surface area contributed by atoms with Crippen LogP contribution in [0.1, 0.15) is 22.7 Å². The zero-order valence-corrected chi connectivity index (χ0v) is 20.1. The molecule has 1 atom stereocenters. The fourth-order valence-corrected chi connectivity index (χ4v) is 5.17. The lowest BCUT2D eigenvalue weighted by Crippen LogP contribution is -2.29. The summed E-state index contributed by atoms with van der Waals surface area (Å²) >= 11 is 1.28. The quantitative estimate of drug-likeness (QED) is 0.236. The molecule has 0 bridgehead atoms. The lowest BCUT2D eigenvalue weighted by Gasteiger charge is -2.23. The molecule has 0 aliphatic carbocycles. The second kappa shape index (κ2) is 8.88. The fraction of sp³-hybridized carbons (Fsp3) is 0.148. The molecule has 1 amide bonds. The van der Waals surface area contributed by atoms with E-state index < -0.39 is 17.7 Å². The number of aliphatic hydroxyl groups excluding tert-OH is 1. The topological polar surface area (TPSA) is 89.0 Å². The third-order valence-corrected chi connectivity index (χ3v) is 6.99. The number of amides is 1. The van der Waals surface area contributed by atoms with Gasteiger partial charge in [-0.15, -0.1) is 0 Å². The predicted molar refractivity (Wildman–Crippen MR) is 135 cm³/mol. The van der Waals surface area contributed by atoms with Gasteiger partial charge in [0, 0.05) is 5.56 Å². The van der Waals surface area contributed by atoms with Gasteiger partial charge in [-0.25, -0.2) is 4.98 Å². The first-order chi connectivity index (χ1) is 16.9. The summed E-state index contributed by atoms with van der Waals surface area (Å²) in [6.07, 6.45) is 0. The molecule has 1 aliphatic rings. The lowest BCUT2D eigenvalue weighted by atomic mass is 9.95. The molecule has 0 saturated carbocycles. The van der Waals surface area contributed by atoms with E-state index in [1.54, 1.807) is 62.8 Å².